The molecule has 100 valence electrons. The molecule has 0 fully saturated rings. The van der Waals surface area contributed by atoms with Crippen LogP contribution < -0.4 is 5.73 Å². The zero-order valence-corrected chi connectivity index (χ0v) is 10.6. The molecule has 3 heterocycles. The van der Waals surface area contributed by atoms with Crippen LogP contribution in [0.1, 0.15) is 10.4 Å². The third kappa shape index (κ3) is 1.76. The van der Waals surface area contributed by atoms with Crippen LogP contribution in [0.25, 0.3) is 22.3 Å². The molecule has 0 amide bonds. The topological polar surface area (TPSA) is 107 Å². The van der Waals surface area contributed by atoms with Crippen LogP contribution in [-0.2, 0) is 7.05 Å². The Morgan fingerprint density at radius 3 is 2.75 bits per heavy atom. The number of aryl methyl sites for hydroxylation is 1. The van der Waals surface area contributed by atoms with E-state index in [2.05, 4.69) is 15.0 Å². The van der Waals surface area contributed by atoms with E-state index in [9.17, 15) is 9.90 Å². The van der Waals surface area contributed by atoms with Crippen molar-refractivity contribution in [1.82, 2.24) is 19.5 Å². The highest BCUT2D eigenvalue weighted by Gasteiger charge is 2.18. The number of anilines is 1. The zero-order chi connectivity index (χ0) is 14.3. The Balaban J connectivity index is 2.39. The van der Waals surface area contributed by atoms with Gasteiger partial charge in [0.1, 0.15) is 5.65 Å². The standard InChI is InChI=1S/C13H11N5O2/c1-18-6-8(9-3-5-16-13(14)17-9)10-7(12(19)20)2-4-15-11(10)18/h2-6H,1H3,(H,19,20)(H2,14,16,17). The van der Waals surface area contributed by atoms with E-state index in [0.29, 0.717) is 22.3 Å². The molecule has 0 spiro atoms. The van der Waals surface area contributed by atoms with Crippen molar-refractivity contribution >= 4 is 23.0 Å². The summed E-state index contributed by atoms with van der Waals surface area (Å²) in [5.41, 5.74) is 7.58. The molecule has 0 aliphatic heterocycles. The average Bonchev–Trinajstić information content (AvgIpc) is 2.76. The quantitative estimate of drug-likeness (QED) is 0.726. The van der Waals surface area contributed by atoms with E-state index >= 15 is 0 Å². The van der Waals surface area contributed by atoms with Crippen LogP contribution in [-0.4, -0.2) is 30.6 Å². The molecule has 0 saturated carbocycles. The maximum Gasteiger partial charge on any atom is 0.336 e. The molecular formula is C13H11N5O2. The zero-order valence-electron chi connectivity index (χ0n) is 10.6. The minimum Gasteiger partial charge on any atom is -0.478 e. The molecule has 0 saturated heterocycles. The van der Waals surface area contributed by atoms with Gasteiger partial charge in [-0.2, -0.15) is 0 Å². The molecule has 3 aromatic rings. The molecule has 0 unspecified atom stereocenters. The summed E-state index contributed by atoms with van der Waals surface area (Å²) in [5, 5.41) is 9.87. The molecule has 3 aromatic heterocycles. The fraction of sp³-hybridized carbons (Fsp3) is 0.0769. The number of carboxylic acids is 1. The molecule has 3 N–H and O–H groups in total. The van der Waals surface area contributed by atoms with Crippen LogP contribution >= 0.6 is 0 Å². The number of aromatic carboxylic acids is 1. The first-order valence-corrected chi connectivity index (χ1v) is 5.84. The first-order valence-electron chi connectivity index (χ1n) is 5.84. The van der Waals surface area contributed by atoms with E-state index in [-0.39, 0.29) is 11.5 Å². The highest BCUT2D eigenvalue weighted by Crippen LogP contribution is 2.30. The van der Waals surface area contributed by atoms with Crippen LogP contribution in [0.15, 0.2) is 30.7 Å². The number of nitrogens with zero attached hydrogens (tertiary/aromatic N) is 4. The molecule has 0 aromatic carbocycles. The van der Waals surface area contributed by atoms with Crippen molar-refractivity contribution in [2.45, 2.75) is 0 Å². The summed E-state index contributed by atoms with van der Waals surface area (Å²) < 4.78 is 1.76. The third-order valence-corrected chi connectivity index (χ3v) is 3.04. The normalized spacial score (nSPS) is 10.8. The maximum atomic E-state index is 11.4. The van der Waals surface area contributed by atoms with E-state index in [1.165, 1.54) is 18.5 Å². The second-order valence-electron chi connectivity index (χ2n) is 4.32. The molecule has 7 nitrogen and oxygen atoms in total. The van der Waals surface area contributed by atoms with Gasteiger partial charge in [-0.05, 0) is 12.1 Å². The Labute approximate surface area is 113 Å². The Bertz CT molecular complexity index is 825. The third-order valence-electron chi connectivity index (χ3n) is 3.04. The average molecular weight is 269 g/mol. The van der Waals surface area contributed by atoms with Crippen LogP contribution in [0, 0.1) is 0 Å². The number of nitrogens with two attached hydrogens (primary N) is 1. The van der Waals surface area contributed by atoms with E-state index < -0.39 is 5.97 Å². The van der Waals surface area contributed by atoms with Gasteiger partial charge in [0.05, 0.1) is 11.3 Å². The van der Waals surface area contributed by atoms with Crippen molar-refractivity contribution in [3.05, 3.63) is 36.3 Å². The predicted octanol–water partition coefficient (Wildman–Crippen LogP) is 1.31. The van der Waals surface area contributed by atoms with Gasteiger partial charge in [-0.3, -0.25) is 0 Å². The molecular weight excluding hydrogens is 258 g/mol. The number of nitrogen functional groups attached to an aromatic ring is 1. The van der Waals surface area contributed by atoms with Crippen LogP contribution in [0.3, 0.4) is 0 Å². The first kappa shape index (κ1) is 12.1. The Hall–Kier alpha value is -2.96. The summed E-state index contributed by atoms with van der Waals surface area (Å²) in [6, 6.07) is 3.16. The SMILES string of the molecule is Cn1cc(-c2ccnc(N)n2)c2c(C(=O)O)ccnc21. The second kappa shape index (κ2) is 4.30. The molecule has 7 heteroatoms. The van der Waals surface area contributed by atoms with Crippen LogP contribution in [0.2, 0.25) is 0 Å². The van der Waals surface area contributed by atoms with Crippen molar-refractivity contribution in [2.24, 2.45) is 7.05 Å². The lowest BCUT2D eigenvalue weighted by Crippen LogP contribution is -1.99. The second-order valence-corrected chi connectivity index (χ2v) is 4.32. The molecule has 0 radical (unpaired) electrons. The van der Waals surface area contributed by atoms with Gasteiger partial charge in [0, 0.05) is 36.6 Å². The van der Waals surface area contributed by atoms with Crippen molar-refractivity contribution < 1.29 is 9.90 Å². The number of hydrogen-bond donors (Lipinski definition) is 2. The maximum absolute atomic E-state index is 11.4. The first-order chi connectivity index (χ1) is 9.58. The number of pyridine rings is 1. The summed E-state index contributed by atoms with van der Waals surface area (Å²) >= 11 is 0. The number of rotatable bonds is 2. The summed E-state index contributed by atoms with van der Waals surface area (Å²) in [4.78, 5) is 23.6. The highest BCUT2D eigenvalue weighted by molar-refractivity contribution is 6.08. The van der Waals surface area contributed by atoms with E-state index in [4.69, 9.17) is 5.73 Å². The lowest BCUT2D eigenvalue weighted by Gasteiger charge is -2.02. The van der Waals surface area contributed by atoms with Gasteiger partial charge in [0.2, 0.25) is 5.95 Å². The van der Waals surface area contributed by atoms with E-state index in [0.717, 1.165) is 0 Å². The van der Waals surface area contributed by atoms with Crippen molar-refractivity contribution in [3.8, 4) is 11.3 Å². The molecule has 3 rings (SSSR count). The van der Waals surface area contributed by atoms with Crippen molar-refractivity contribution in [2.75, 3.05) is 5.73 Å². The van der Waals surface area contributed by atoms with Crippen molar-refractivity contribution in [1.29, 1.82) is 0 Å². The minimum atomic E-state index is -1.01. The number of carboxylic acid groups (broad SMARTS) is 1. The lowest BCUT2D eigenvalue weighted by molar-refractivity contribution is 0.0699. The van der Waals surface area contributed by atoms with Crippen LogP contribution in [0.4, 0.5) is 5.95 Å². The number of aromatic nitrogens is 4. The Kier molecular flexibility index (Phi) is 2.60. The minimum absolute atomic E-state index is 0.139. The highest BCUT2D eigenvalue weighted by atomic mass is 16.4. The fourth-order valence-electron chi connectivity index (χ4n) is 2.20. The largest absolute Gasteiger partial charge is 0.478 e. The number of carbonyl (C=O) groups is 1. The molecule has 20 heavy (non-hydrogen) atoms. The predicted molar refractivity (Wildman–Crippen MR) is 73.1 cm³/mol. The van der Waals surface area contributed by atoms with Gasteiger partial charge >= 0.3 is 5.97 Å². The number of hydrogen-bond acceptors (Lipinski definition) is 5. The lowest BCUT2D eigenvalue weighted by atomic mass is 10.1. The van der Waals surface area contributed by atoms with Gasteiger partial charge in [0.15, 0.2) is 0 Å². The summed E-state index contributed by atoms with van der Waals surface area (Å²) in [6.07, 6.45) is 4.79. The Morgan fingerprint density at radius 1 is 1.30 bits per heavy atom. The van der Waals surface area contributed by atoms with Crippen LogP contribution in [0.5, 0.6) is 0 Å². The molecule has 0 aliphatic carbocycles. The molecule has 0 atom stereocenters. The summed E-state index contributed by atoms with van der Waals surface area (Å²) in [6.45, 7) is 0. The van der Waals surface area contributed by atoms with Gasteiger partial charge in [-0.1, -0.05) is 0 Å². The smallest absolute Gasteiger partial charge is 0.336 e. The summed E-state index contributed by atoms with van der Waals surface area (Å²) in [5.74, 6) is -0.868. The van der Waals surface area contributed by atoms with Gasteiger partial charge in [-0.15, -0.1) is 0 Å². The van der Waals surface area contributed by atoms with Gasteiger partial charge in [0.25, 0.3) is 0 Å². The van der Waals surface area contributed by atoms with E-state index in [1.54, 1.807) is 23.9 Å². The van der Waals surface area contributed by atoms with Crippen molar-refractivity contribution in [3.63, 3.8) is 0 Å². The summed E-state index contributed by atoms with van der Waals surface area (Å²) in [7, 11) is 1.80. The van der Waals surface area contributed by atoms with Gasteiger partial charge < -0.3 is 15.4 Å². The molecule has 0 bridgehead atoms. The molecule has 0 aliphatic rings. The van der Waals surface area contributed by atoms with Gasteiger partial charge in [-0.25, -0.2) is 19.7 Å². The fourth-order valence-corrected chi connectivity index (χ4v) is 2.20. The Morgan fingerprint density at radius 2 is 2.05 bits per heavy atom. The number of fused-ring (bicyclic) bond motifs is 1. The monoisotopic (exact) mass is 269 g/mol. The van der Waals surface area contributed by atoms with E-state index in [1.807, 2.05) is 0 Å².